The van der Waals surface area contributed by atoms with Crippen LogP contribution < -0.4 is 11.2 Å². The molecule has 0 spiro atoms. The number of carboxylic acids is 1. The smallest absolute Gasteiger partial charge is 0.411 e. The van der Waals surface area contributed by atoms with Gasteiger partial charge in [-0.25, -0.2) is 15.5 Å². The number of carboxylic acid groups (broad SMARTS) is 1. The van der Waals surface area contributed by atoms with E-state index in [9.17, 15) is 14.7 Å². The van der Waals surface area contributed by atoms with Gasteiger partial charge in [-0.3, -0.25) is 5.32 Å². The number of nitrogens with one attached hydrogen (secondary N) is 1. The summed E-state index contributed by atoms with van der Waals surface area (Å²) in [6.45, 7) is 0.655. The van der Waals surface area contributed by atoms with Crippen molar-refractivity contribution in [1.82, 2.24) is 0 Å². The maximum absolute atomic E-state index is 11.5. The van der Waals surface area contributed by atoms with Crippen molar-refractivity contribution >= 4 is 39.3 Å². The van der Waals surface area contributed by atoms with Gasteiger partial charge in [0.1, 0.15) is 17.9 Å². The minimum Gasteiger partial charge on any atom is -0.507 e. The van der Waals surface area contributed by atoms with Gasteiger partial charge in [-0.2, -0.15) is 0 Å². The number of hydrogen-bond acceptors (Lipinski definition) is 8. The van der Waals surface area contributed by atoms with Crippen LogP contribution in [0.5, 0.6) is 5.75 Å². The average molecular weight is 348 g/mol. The molecule has 8 nitrogen and oxygen atoms in total. The van der Waals surface area contributed by atoms with Crippen LogP contribution in [-0.4, -0.2) is 47.0 Å². The quantitative estimate of drug-likeness (QED) is 0.229. The van der Waals surface area contributed by atoms with Gasteiger partial charge in [-0.15, -0.1) is 0 Å². The largest absolute Gasteiger partial charge is 0.507 e. The van der Waals surface area contributed by atoms with E-state index in [1.54, 1.807) is 10.8 Å². The summed E-state index contributed by atoms with van der Waals surface area (Å²) in [4.78, 5) is 26.8. The Bertz CT molecular complexity index is 514. The fourth-order valence-electron chi connectivity index (χ4n) is 1.31. The lowest BCUT2D eigenvalue weighted by Gasteiger charge is -2.08. The van der Waals surface area contributed by atoms with Gasteiger partial charge in [0, 0.05) is 17.2 Å². The number of carbonyl (C=O) groups excluding carboxylic acids is 1. The Balaban J connectivity index is 2.30. The van der Waals surface area contributed by atoms with E-state index in [2.05, 4.69) is 10.2 Å². The van der Waals surface area contributed by atoms with Crippen LogP contribution in [0.25, 0.3) is 0 Å². The maximum Gasteiger partial charge on any atom is 0.411 e. The Morgan fingerprint density at radius 2 is 1.91 bits per heavy atom. The van der Waals surface area contributed by atoms with Crippen molar-refractivity contribution < 1.29 is 29.4 Å². The molecule has 10 heteroatoms. The molecule has 0 bridgehead atoms. The molecule has 0 heterocycles. The molecule has 0 saturated heterocycles. The van der Waals surface area contributed by atoms with Gasteiger partial charge in [0.05, 0.1) is 6.61 Å². The molecule has 1 amide bonds. The maximum atomic E-state index is 11.5. The Morgan fingerprint density at radius 3 is 2.55 bits per heavy atom. The molecule has 1 rings (SSSR count). The summed E-state index contributed by atoms with van der Waals surface area (Å²) in [7, 11) is 3.06. The molecule has 1 aromatic rings. The lowest BCUT2D eigenvalue weighted by atomic mass is 10.2. The molecule has 5 N–H and O–H groups in total. The zero-order valence-corrected chi connectivity index (χ0v) is 13.1. The first kappa shape index (κ1) is 18.4. The van der Waals surface area contributed by atoms with Crippen LogP contribution >= 0.6 is 21.6 Å². The fourth-order valence-corrected chi connectivity index (χ4v) is 2.97. The van der Waals surface area contributed by atoms with Gasteiger partial charge < -0.3 is 19.8 Å². The SMILES string of the molecule is NOCCSSCCOC(=O)Nc1ccc(O)c(C(=O)O)c1. The summed E-state index contributed by atoms with van der Waals surface area (Å²) in [5.74, 6) is 4.54. The summed E-state index contributed by atoms with van der Waals surface area (Å²) >= 11 is 0. The zero-order valence-electron chi connectivity index (χ0n) is 11.5. The topological polar surface area (TPSA) is 131 Å². The third kappa shape index (κ3) is 6.89. The molecule has 0 aliphatic carbocycles. The van der Waals surface area contributed by atoms with Crippen molar-refractivity contribution in [3.63, 3.8) is 0 Å². The Labute approximate surface area is 134 Å². The van der Waals surface area contributed by atoms with E-state index in [1.807, 2.05) is 0 Å². The molecule has 22 heavy (non-hydrogen) atoms. The van der Waals surface area contributed by atoms with Crippen LogP contribution in [0, 0.1) is 0 Å². The highest BCUT2D eigenvalue weighted by molar-refractivity contribution is 8.76. The highest BCUT2D eigenvalue weighted by atomic mass is 33.1. The van der Waals surface area contributed by atoms with E-state index in [0.29, 0.717) is 12.4 Å². The number of rotatable bonds is 9. The van der Waals surface area contributed by atoms with Gasteiger partial charge in [-0.05, 0) is 18.2 Å². The predicted molar refractivity (Wildman–Crippen MR) is 85.1 cm³/mol. The zero-order chi connectivity index (χ0) is 16.4. The third-order valence-corrected chi connectivity index (χ3v) is 4.57. The monoisotopic (exact) mass is 348 g/mol. The molecule has 0 aliphatic heterocycles. The number of amides is 1. The Hall–Kier alpha value is -1.62. The van der Waals surface area contributed by atoms with Crippen molar-refractivity contribution in [3.05, 3.63) is 23.8 Å². The number of aromatic carboxylic acids is 1. The predicted octanol–water partition coefficient (Wildman–Crippen LogP) is 1.91. The molecule has 0 unspecified atom stereocenters. The number of benzene rings is 1. The second kappa shape index (κ2) is 10.2. The molecule has 0 fully saturated rings. The standard InChI is InChI=1S/C12H16N2O6S2/c13-20-4-6-22-21-5-3-19-12(18)14-8-1-2-10(15)9(7-8)11(16)17/h1-2,7,15H,3-6,13H2,(H,14,18)(H,16,17). The fraction of sp³-hybridized carbons (Fsp3) is 0.333. The van der Waals surface area contributed by atoms with Crippen LogP contribution in [0.15, 0.2) is 18.2 Å². The van der Waals surface area contributed by atoms with E-state index in [-0.39, 0.29) is 23.6 Å². The molecule has 0 aliphatic rings. The molecule has 0 saturated carbocycles. The number of anilines is 1. The summed E-state index contributed by atoms with van der Waals surface area (Å²) < 4.78 is 4.93. The van der Waals surface area contributed by atoms with Crippen LogP contribution in [0.2, 0.25) is 0 Å². The molecule has 0 radical (unpaired) electrons. The van der Waals surface area contributed by atoms with Gasteiger partial charge in [0.15, 0.2) is 0 Å². The van der Waals surface area contributed by atoms with Gasteiger partial charge in [-0.1, -0.05) is 21.6 Å². The molecule has 0 atom stereocenters. The van der Waals surface area contributed by atoms with Crippen LogP contribution in [0.3, 0.4) is 0 Å². The molecule has 1 aromatic carbocycles. The summed E-state index contributed by atoms with van der Waals surface area (Å²) in [5.41, 5.74) is -0.0748. The van der Waals surface area contributed by atoms with E-state index >= 15 is 0 Å². The second-order valence-electron chi connectivity index (χ2n) is 3.81. The van der Waals surface area contributed by atoms with E-state index in [0.717, 1.165) is 11.8 Å². The first-order chi connectivity index (χ1) is 10.5. The normalized spacial score (nSPS) is 10.2. The van der Waals surface area contributed by atoms with Crippen LogP contribution in [0.1, 0.15) is 10.4 Å². The Morgan fingerprint density at radius 1 is 1.23 bits per heavy atom. The summed E-state index contributed by atoms with van der Waals surface area (Å²) in [5, 5.41) is 20.6. The second-order valence-corrected chi connectivity index (χ2v) is 6.51. The van der Waals surface area contributed by atoms with Crippen molar-refractivity contribution in [2.24, 2.45) is 5.90 Å². The first-order valence-corrected chi connectivity index (χ1v) is 8.59. The molecule has 0 aromatic heterocycles. The summed E-state index contributed by atoms with van der Waals surface area (Å²) in [6.07, 6.45) is -0.696. The highest BCUT2D eigenvalue weighted by Gasteiger charge is 2.11. The number of carbonyl (C=O) groups is 2. The van der Waals surface area contributed by atoms with E-state index in [4.69, 9.17) is 15.7 Å². The minimum atomic E-state index is -1.29. The molecule has 122 valence electrons. The van der Waals surface area contributed by atoms with Crippen molar-refractivity contribution in [2.45, 2.75) is 0 Å². The lowest BCUT2D eigenvalue weighted by Crippen LogP contribution is -2.15. The van der Waals surface area contributed by atoms with Gasteiger partial charge in [0.25, 0.3) is 0 Å². The Kier molecular flexibility index (Phi) is 8.51. The number of nitrogens with two attached hydrogens (primary N) is 1. The average Bonchev–Trinajstić information content (AvgIpc) is 2.48. The van der Waals surface area contributed by atoms with Crippen LogP contribution in [0.4, 0.5) is 10.5 Å². The van der Waals surface area contributed by atoms with E-state index in [1.165, 1.54) is 22.9 Å². The number of ether oxygens (including phenoxy) is 1. The lowest BCUT2D eigenvalue weighted by molar-refractivity contribution is 0.0693. The third-order valence-electron chi connectivity index (χ3n) is 2.24. The van der Waals surface area contributed by atoms with Crippen molar-refractivity contribution in [2.75, 3.05) is 30.0 Å². The summed E-state index contributed by atoms with van der Waals surface area (Å²) in [6, 6.07) is 3.71. The number of hydrogen-bond donors (Lipinski definition) is 4. The molecular formula is C12H16N2O6S2. The first-order valence-electron chi connectivity index (χ1n) is 6.10. The molecular weight excluding hydrogens is 332 g/mol. The van der Waals surface area contributed by atoms with Gasteiger partial charge in [0.2, 0.25) is 0 Å². The van der Waals surface area contributed by atoms with Gasteiger partial charge >= 0.3 is 12.1 Å². The highest BCUT2D eigenvalue weighted by Crippen LogP contribution is 2.22. The minimum absolute atomic E-state index is 0.205. The van der Waals surface area contributed by atoms with Crippen molar-refractivity contribution in [3.8, 4) is 5.75 Å². The van der Waals surface area contributed by atoms with Crippen molar-refractivity contribution in [1.29, 1.82) is 0 Å². The number of phenols is 1. The van der Waals surface area contributed by atoms with Crippen LogP contribution in [-0.2, 0) is 9.57 Å². The number of aromatic hydroxyl groups is 1. The van der Waals surface area contributed by atoms with E-state index < -0.39 is 12.1 Å².